The number of fused-ring (bicyclic) bond motifs is 1. The Morgan fingerprint density at radius 2 is 2.21 bits per heavy atom. The summed E-state index contributed by atoms with van der Waals surface area (Å²) in [5.74, 6) is 0. The number of imidazole rings is 1. The molecule has 0 unspecified atom stereocenters. The van der Waals surface area contributed by atoms with Crippen LogP contribution in [0.25, 0.3) is 0 Å². The minimum atomic E-state index is -0.0243. The molecule has 0 radical (unpaired) electrons. The third-order valence-corrected chi connectivity index (χ3v) is 6.15. The summed E-state index contributed by atoms with van der Waals surface area (Å²) in [7, 11) is 1.86. The molecule has 1 N–H and O–H groups in total. The lowest BCUT2D eigenvalue weighted by Crippen LogP contribution is -2.51. The second-order valence-electron chi connectivity index (χ2n) is 7.52. The molecule has 3 fully saturated rings. The van der Waals surface area contributed by atoms with Crippen molar-refractivity contribution in [2.45, 2.75) is 68.9 Å². The smallest absolute Gasteiger partial charge is 0.0951 e. The molecule has 0 bridgehead atoms. The highest BCUT2D eigenvalue weighted by Gasteiger charge is 2.51. The lowest BCUT2D eigenvalue weighted by Gasteiger charge is -2.43. The number of nitrogens with zero attached hydrogens (tertiary/aromatic N) is 3. The van der Waals surface area contributed by atoms with Crippen LogP contribution in [0.1, 0.15) is 50.3 Å². The van der Waals surface area contributed by atoms with E-state index in [1.165, 1.54) is 18.5 Å². The van der Waals surface area contributed by atoms with E-state index in [4.69, 9.17) is 14.6 Å². The Bertz CT molecular complexity index is 559. The van der Waals surface area contributed by atoms with E-state index < -0.39 is 0 Å². The van der Waals surface area contributed by atoms with Crippen LogP contribution in [0.4, 0.5) is 0 Å². The molecule has 24 heavy (non-hydrogen) atoms. The van der Waals surface area contributed by atoms with E-state index in [-0.39, 0.29) is 18.3 Å². The Morgan fingerprint density at radius 1 is 1.33 bits per heavy atom. The van der Waals surface area contributed by atoms with Crippen LogP contribution >= 0.6 is 0 Å². The molecule has 2 heterocycles. The molecule has 4 rings (SSSR count). The van der Waals surface area contributed by atoms with E-state index in [2.05, 4.69) is 14.5 Å². The first-order chi connectivity index (χ1) is 11.8. The number of ether oxygens (including phenoxy) is 2. The van der Waals surface area contributed by atoms with Gasteiger partial charge in [-0.15, -0.1) is 0 Å². The number of hydrogen-bond acceptors (Lipinski definition) is 5. The highest BCUT2D eigenvalue weighted by atomic mass is 16.5. The molecule has 0 spiro atoms. The van der Waals surface area contributed by atoms with Crippen LogP contribution < -0.4 is 0 Å². The van der Waals surface area contributed by atoms with Crippen molar-refractivity contribution in [3.8, 4) is 0 Å². The van der Waals surface area contributed by atoms with Gasteiger partial charge in [-0.1, -0.05) is 0 Å². The highest BCUT2D eigenvalue weighted by Crippen LogP contribution is 2.44. The van der Waals surface area contributed by atoms with Crippen molar-refractivity contribution >= 4 is 0 Å². The van der Waals surface area contributed by atoms with Gasteiger partial charge in [0, 0.05) is 38.5 Å². The average molecular weight is 335 g/mol. The van der Waals surface area contributed by atoms with Crippen LogP contribution in [-0.2, 0) is 16.0 Å². The highest BCUT2D eigenvalue weighted by molar-refractivity contribution is 5.09. The van der Waals surface area contributed by atoms with Gasteiger partial charge in [-0.3, -0.25) is 4.90 Å². The summed E-state index contributed by atoms with van der Waals surface area (Å²) >= 11 is 0. The fraction of sp³-hybridized carbons (Fsp3) is 0.833. The van der Waals surface area contributed by atoms with Gasteiger partial charge in [-0.25, -0.2) is 4.98 Å². The average Bonchev–Trinajstić information content (AvgIpc) is 3.25. The Morgan fingerprint density at radius 3 is 2.96 bits per heavy atom. The summed E-state index contributed by atoms with van der Waals surface area (Å²) in [6, 6.07) is 1.06. The number of aromatic nitrogens is 2. The van der Waals surface area contributed by atoms with Gasteiger partial charge >= 0.3 is 0 Å². The van der Waals surface area contributed by atoms with Gasteiger partial charge in [0.15, 0.2) is 0 Å². The first-order valence-electron chi connectivity index (χ1n) is 9.28. The largest absolute Gasteiger partial charge is 0.394 e. The van der Waals surface area contributed by atoms with Gasteiger partial charge in [0.05, 0.1) is 36.9 Å². The minimum absolute atomic E-state index is 0.0243. The molecule has 2 saturated carbocycles. The summed E-state index contributed by atoms with van der Waals surface area (Å²) in [5, 5.41) is 9.02. The zero-order chi connectivity index (χ0) is 16.6. The molecular formula is C18H29N3O3. The van der Waals surface area contributed by atoms with E-state index in [1.807, 2.05) is 19.6 Å². The molecule has 1 aliphatic heterocycles. The Labute approximate surface area is 143 Å². The maximum absolute atomic E-state index is 9.02. The normalized spacial score (nSPS) is 33.8. The summed E-state index contributed by atoms with van der Waals surface area (Å²) in [5.41, 5.74) is 1.30. The molecule has 2 aliphatic carbocycles. The number of aliphatic hydroxyl groups excluding tert-OH is 1. The van der Waals surface area contributed by atoms with Crippen LogP contribution in [0.5, 0.6) is 0 Å². The van der Waals surface area contributed by atoms with E-state index in [0.29, 0.717) is 18.7 Å². The fourth-order valence-corrected chi connectivity index (χ4v) is 4.66. The van der Waals surface area contributed by atoms with Crippen molar-refractivity contribution in [2.75, 3.05) is 26.9 Å². The van der Waals surface area contributed by atoms with Crippen molar-refractivity contribution < 1.29 is 14.6 Å². The van der Waals surface area contributed by atoms with Crippen LogP contribution in [0.15, 0.2) is 12.5 Å². The van der Waals surface area contributed by atoms with Crippen molar-refractivity contribution in [2.24, 2.45) is 0 Å². The summed E-state index contributed by atoms with van der Waals surface area (Å²) in [4.78, 5) is 6.94. The molecule has 0 amide bonds. The number of hydrogen-bond donors (Lipinski definition) is 1. The molecule has 1 aromatic rings. The molecule has 6 nitrogen and oxygen atoms in total. The maximum atomic E-state index is 9.02. The standard InChI is InChI=1S/C18H29N3O3/c1-23-18-5-4-16(24-9-8-22)10-17(18)20(7-6-18)12-15-11-19-13-21(15)14-2-3-14/h11,13-14,16-17,22H,2-10,12H2,1H3/t16-,17+,18-/m1/s1. The Kier molecular flexibility index (Phi) is 4.64. The van der Waals surface area contributed by atoms with Crippen LogP contribution in [0, 0.1) is 0 Å². The summed E-state index contributed by atoms with van der Waals surface area (Å²) < 4.78 is 14.2. The van der Waals surface area contributed by atoms with E-state index in [1.54, 1.807) is 0 Å². The number of rotatable bonds is 7. The SMILES string of the molecule is CO[C@@]12CC[C@@H](OCCO)C[C@@H]1N(Cc1cncn1C1CC1)CC2. The van der Waals surface area contributed by atoms with E-state index >= 15 is 0 Å². The minimum Gasteiger partial charge on any atom is -0.394 e. The quantitative estimate of drug-likeness (QED) is 0.822. The lowest BCUT2D eigenvalue weighted by molar-refractivity contribution is -0.104. The fourth-order valence-electron chi connectivity index (χ4n) is 4.66. The van der Waals surface area contributed by atoms with Gasteiger partial charge < -0.3 is 19.1 Å². The monoisotopic (exact) mass is 335 g/mol. The Hall–Kier alpha value is -0.950. The van der Waals surface area contributed by atoms with E-state index in [9.17, 15) is 0 Å². The topological polar surface area (TPSA) is 59.8 Å². The van der Waals surface area contributed by atoms with Crippen LogP contribution in [-0.4, -0.2) is 64.2 Å². The van der Waals surface area contributed by atoms with Gasteiger partial charge in [-0.05, 0) is 38.5 Å². The van der Waals surface area contributed by atoms with Crippen molar-refractivity contribution in [1.29, 1.82) is 0 Å². The maximum Gasteiger partial charge on any atom is 0.0951 e. The van der Waals surface area contributed by atoms with Crippen molar-refractivity contribution in [1.82, 2.24) is 14.5 Å². The van der Waals surface area contributed by atoms with Crippen LogP contribution in [0.2, 0.25) is 0 Å². The van der Waals surface area contributed by atoms with E-state index in [0.717, 1.165) is 38.8 Å². The molecule has 1 saturated heterocycles. The van der Waals surface area contributed by atoms with Crippen molar-refractivity contribution in [3.63, 3.8) is 0 Å². The van der Waals surface area contributed by atoms with Crippen molar-refractivity contribution in [3.05, 3.63) is 18.2 Å². The zero-order valence-corrected chi connectivity index (χ0v) is 14.6. The zero-order valence-electron chi connectivity index (χ0n) is 14.6. The van der Waals surface area contributed by atoms with Gasteiger partial charge in [-0.2, -0.15) is 0 Å². The molecule has 134 valence electrons. The molecule has 1 aromatic heterocycles. The number of aliphatic hydroxyl groups is 1. The first kappa shape index (κ1) is 16.5. The molecular weight excluding hydrogens is 306 g/mol. The number of likely N-dealkylation sites (tertiary alicyclic amines) is 1. The molecule has 0 aromatic carbocycles. The predicted molar refractivity (Wildman–Crippen MR) is 89.7 cm³/mol. The Balaban J connectivity index is 1.47. The lowest BCUT2D eigenvalue weighted by atomic mass is 9.79. The summed E-state index contributed by atoms with van der Waals surface area (Å²) in [6.45, 7) is 2.55. The number of methoxy groups -OCH3 is 1. The summed E-state index contributed by atoms with van der Waals surface area (Å²) in [6.07, 6.45) is 11.0. The molecule has 6 heteroatoms. The predicted octanol–water partition coefficient (Wildman–Crippen LogP) is 1.74. The van der Waals surface area contributed by atoms with Gasteiger partial charge in [0.1, 0.15) is 0 Å². The first-order valence-corrected chi connectivity index (χ1v) is 9.28. The molecule has 3 aliphatic rings. The molecule has 3 atom stereocenters. The second-order valence-corrected chi connectivity index (χ2v) is 7.52. The van der Waals surface area contributed by atoms with Crippen LogP contribution in [0.3, 0.4) is 0 Å². The third-order valence-electron chi connectivity index (χ3n) is 6.15. The van der Waals surface area contributed by atoms with Gasteiger partial charge in [0.2, 0.25) is 0 Å². The van der Waals surface area contributed by atoms with Gasteiger partial charge in [0.25, 0.3) is 0 Å². The second kappa shape index (κ2) is 6.75. The third kappa shape index (κ3) is 3.01.